The number of benzene rings is 2. The first kappa shape index (κ1) is 17.6. The third-order valence-electron chi connectivity index (χ3n) is 5.73. The molecule has 2 aromatic carbocycles. The van der Waals surface area contributed by atoms with Gasteiger partial charge in [0.1, 0.15) is 0 Å². The molecule has 24 heavy (non-hydrogen) atoms. The molecule has 0 N–H and O–H groups in total. The minimum absolute atomic E-state index is 0.504. The van der Waals surface area contributed by atoms with Crippen molar-refractivity contribution in [1.29, 1.82) is 0 Å². The maximum Gasteiger partial charge on any atom is 0.0728 e. The van der Waals surface area contributed by atoms with E-state index in [-0.39, 0.29) is 0 Å². The summed E-state index contributed by atoms with van der Waals surface area (Å²) >= 11 is 2.14. The maximum absolute atomic E-state index is 4.21. The van der Waals surface area contributed by atoms with Crippen LogP contribution >= 0.6 is 11.8 Å². The van der Waals surface area contributed by atoms with Crippen molar-refractivity contribution in [3.05, 3.63) is 78.9 Å². The minimum atomic E-state index is -1.44. The van der Waals surface area contributed by atoms with Gasteiger partial charge in [0, 0.05) is 9.27 Å². The van der Waals surface area contributed by atoms with Gasteiger partial charge >= 0.3 is 0 Å². The zero-order valence-corrected chi connectivity index (χ0v) is 16.7. The molecule has 0 nitrogen and oxygen atoms in total. The highest BCUT2D eigenvalue weighted by Gasteiger charge is 2.58. The normalized spacial score (nSPS) is 17.2. The van der Waals surface area contributed by atoms with E-state index in [0.717, 1.165) is 0 Å². The van der Waals surface area contributed by atoms with E-state index < -0.39 is 8.07 Å². The third kappa shape index (κ3) is 3.70. The van der Waals surface area contributed by atoms with E-state index in [1.807, 2.05) is 0 Å². The fourth-order valence-corrected chi connectivity index (χ4v) is 10.2. The topological polar surface area (TPSA) is 0 Å². The number of thioether (sulfide) groups is 1. The van der Waals surface area contributed by atoms with Crippen LogP contribution in [-0.4, -0.2) is 12.4 Å². The number of aryl methyl sites for hydroxylation is 1. The first-order chi connectivity index (χ1) is 11.6. The Hall–Kier alpha value is -1.25. The SMILES string of the molecule is C=CC(CCc1ccccc1)[Si](C)(C)C1(Sc2ccccc2)CC1. The van der Waals surface area contributed by atoms with E-state index in [0.29, 0.717) is 9.91 Å². The molecule has 3 rings (SSSR count). The van der Waals surface area contributed by atoms with Crippen LogP contribution in [0.15, 0.2) is 78.2 Å². The Morgan fingerprint density at radius 2 is 1.62 bits per heavy atom. The average molecular weight is 353 g/mol. The summed E-state index contributed by atoms with van der Waals surface area (Å²) in [6.07, 6.45) is 7.42. The molecule has 0 amide bonds. The van der Waals surface area contributed by atoms with Crippen LogP contribution in [0, 0.1) is 0 Å². The van der Waals surface area contributed by atoms with Gasteiger partial charge in [0.15, 0.2) is 0 Å². The number of hydrogen-bond acceptors (Lipinski definition) is 1. The van der Waals surface area contributed by atoms with Gasteiger partial charge in [0.2, 0.25) is 0 Å². The highest BCUT2D eigenvalue weighted by atomic mass is 32.2. The van der Waals surface area contributed by atoms with Gasteiger partial charge in [-0.3, -0.25) is 0 Å². The molecule has 0 heterocycles. The Bertz CT molecular complexity index is 659. The van der Waals surface area contributed by atoms with Gasteiger partial charge in [-0.2, -0.15) is 0 Å². The van der Waals surface area contributed by atoms with Gasteiger partial charge in [0.25, 0.3) is 0 Å². The van der Waals surface area contributed by atoms with Gasteiger partial charge in [-0.1, -0.05) is 67.7 Å². The van der Waals surface area contributed by atoms with Crippen LogP contribution in [0.2, 0.25) is 18.6 Å². The molecule has 0 saturated heterocycles. The number of allylic oxidation sites excluding steroid dienone is 1. The lowest BCUT2D eigenvalue weighted by atomic mass is 10.1. The van der Waals surface area contributed by atoms with E-state index in [2.05, 4.69) is 98.2 Å². The Labute approximate surface area is 152 Å². The number of hydrogen-bond donors (Lipinski definition) is 0. The largest absolute Gasteiger partial charge is 0.123 e. The second kappa shape index (κ2) is 7.33. The highest BCUT2D eigenvalue weighted by Crippen LogP contribution is 2.60. The van der Waals surface area contributed by atoms with E-state index in [4.69, 9.17) is 0 Å². The fraction of sp³-hybridized carbons (Fsp3) is 0.364. The molecule has 1 atom stereocenters. The predicted molar refractivity (Wildman–Crippen MR) is 110 cm³/mol. The summed E-state index contributed by atoms with van der Waals surface area (Å²) < 4.78 is 0.504. The van der Waals surface area contributed by atoms with Crippen molar-refractivity contribution in [2.45, 2.75) is 53.6 Å². The quantitative estimate of drug-likeness (QED) is 0.374. The van der Waals surface area contributed by atoms with Crippen molar-refractivity contribution in [2.75, 3.05) is 0 Å². The molecule has 1 unspecified atom stereocenters. The van der Waals surface area contributed by atoms with Crippen molar-refractivity contribution in [1.82, 2.24) is 0 Å². The van der Waals surface area contributed by atoms with Crippen LogP contribution in [0.3, 0.4) is 0 Å². The summed E-state index contributed by atoms with van der Waals surface area (Å²) in [6, 6.07) is 21.9. The zero-order valence-electron chi connectivity index (χ0n) is 14.9. The van der Waals surface area contributed by atoms with E-state index in [9.17, 15) is 0 Å². The molecule has 0 radical (unpaired) electrons. The zero-order chi connectivity index (χ0) is 17.0. The smallest absolute Gasteiger partial charge is 0.0728 e. The van der Waals surface area contributed by atoms with E-state index in [1.165, 1.54) is 36.1 Å². The average Bonchev–Trinajstić information content (AvgIpc) is 3.38. The first-order valence-electron chi connectivity index (χ1n) is 8.98. The van der Waals surface area contributed by atoms with Crippen molar-refractivity contribution in [2.24, 2.45) is 0 Å². The molecule has 2 aromatic rings. The number of rotatable bonds is 8. The summed E-state index contributed by atoms with van der Waals surface area (Å²) in [5.41, 5.74) is 2.13. The molecule has 0 aromatic heterocycles. The molecule has 1 aliphatic rings. The lowest BCUT2D eigenvalue weighted by Gasteiger charge is -2.38. The summed E-state index contributed by atoms with van der Waals surface area (Å²) in [5.74, 6) is 0. The molecule has 126 valence electrons. The third-order valence-corrected chi connectivity index (χ3v) is 14.2. The van der Waals surface area contributed by atoms with Crippen molar-refractivity contribution < 1.29 is 0 Å². The molecule has 0 spiro atoms. The minimum Gasteiger partial charge on any atom is -0.123 e. The predicted octanol–water partition coefficient (Wildman–Crippen LogP) is 6.75. The Kier molecular flexibility index (Phi) is 5.36. The van der Waals surface area contributed by atoms with Crippen molar-refractivity contribution in [3.8, 4) is 0 Å². The van der Waals surface area contributed by atoms with E-state index >= 15 is 0 Å². The molecule has 1 aliphatic carbocycles. The van der Waals surface area contributed by atoms with Gasteiger partial charge < -0.3 is 0 Å². The van der Waals surface area contributed by atoms with Crippen LogP contribution in [0.1, 0.15) is 24.8 Å². The second-order valence-corrected chi connectivity index (χ2v) is 14.5. The standard InChI is InChI=1S/C22H28SSi/c1-4-21(16-15-19-11-7-5-8-12-19)24(2,3)22(17-18-22)23-20-13-9-6-10-14-20/h4-14,21H,1,15-18H2,2-3H3. The lowest BCUT2D eigenvalue weighted by Crippen LogP contribution is -2.45. The molecular formula is C22H28SSi. The van der Waals surface area contributed by atoms with Crippen LogP contribution in [0.4, 0.5) is 0 Å². The first-order valence-corrected chi connectivity index (χ1v) is 12.9. The molecule has 1 fully saturated rings. The molecular weight excluding hydrogens is 324 g/mol. The van der Waals surface area contributed by atoms with Crippen molar-refractivity contribution >= 4 is 19.8 Å². The van der Waals surface area contributed by atoms with E-state index in [1.54, 1.807) is 0 Å². The molecule has 2 heteroatoms. The lowest BCUT2D eigenvalue weighted by molar-refractivity contribution is 0.805. The molecule has 0 aliphatic heterocycles. The van der Waals surface area contributed by atoms with Crippen LogP contribution in [0.25, 0.3) is 0 Å². The maximum atomic E-state index is 4.21. The molecule has 1 saturated carbocycles. The summed E-state index contributed by atoms with van der Waals surface area (Å²) in [7, 11) is -1.44. The van der Waals surface area contributed by atoms with Gasteiger partial charge in [-0.05, 0) is 48.9 Å². The highest BCUT2D eigenvalue weighted by molar-refractivity contribution is 8.02. The summed E-state index contributed by atoms with van der Waals surface area (Å²) in [4.78, 5) is 1.43. The van der Waals surface area contributed by atoms with Gasteiger partial charge in [0.05, 0.1) is 8.07 Å². The van der Waals surface area contributed by atoms with Crippen LogP contribution < -0.4 is 0 Å². The Morgan fingerprint density at radius 3 is 2.17 bits per heavy atom. The second-order valence-electron chi connectivity index (χ2n) is 7.50. The molecule has 0 bridgehead atoms. The summed E-state index contributed by atoms with van der Waals surface area (Å²) in [5, 5.41) is 0. The monoisotopic (exact) mass is 352 g/mol. The van der Waals surface area contributed by atoms with Crippen LogP contribution in [-0.2, 0) is 6.42 Å². The van der Waals surface area contributed by atoms with Crippen LogP contribution in [0.5, 0.6) is 0 Å². The van der Waals surface area contributed by atoms with Gasteiger partial charge in [-0.25, -0.2) is 0 Å². The fourth-order valence-electron chi connectivity index (χ4n) is 3.78. The van der Waals surface area contributed by atoms with Crippen molar-refractivity contribution in [3.63, 3.8) is 0 Å². The Morgan fingerprint density at radius 1 is 1.04 bits per heavy atom. The Balaban J connectivity index is 1.71. The van der Waals surface area contributed by atoms with Gasteiger partial charge in [-0.15, -0.1) is 18.3 Å². The summed E-state index contributed by atoms with van der Waals surface area (Å²) in [6.45, 7) is 9.39.